The van der Waals surface area contributed by atoms with Crippen molar-refractivity contribution in [1.29, 1.82) is 0 Å². The minimum Gasteiger partial charge on any atom is -0.265 e. The summed E-state index contributed by atoms with van der Waals surface area (Å²) < 4.78 is 2.19. The average Bonchev–Trinajstić information content (AvgIpc) is 3.04. The highest BCUT2D eigenvalue weighted by Gasteiger charge is 2.10. The highest BCUT2D eigenvalue weighted by atomic mass is 32.2. The molecule has 4 rings (SSSR count). The molecule has 0 fully saturated rings. The van der Waals surface area contributed by atoms with Crippen LogP contribution in [0.5, 0.6) is 0 Å². The Bertz CT molecular complexity index is 950. The topological polar surface area (TPSA) is 51.6 Å². The Kier molecular flexibility index (Phi) is 4.23. The van der Waals surface area contributed by atoms with Gasteiger partial charge < -0.3 is 0 Å². The highest BCUT2D eigenvalue weighted by Crippen LogP contribution is 2.34. The van der Waals surface area contributed by atoms with E-state index in [1.54, 1.807) is 35.5 Å². The molecule has 0 spiro atoms. The number of pyridine rings is 1. The molecule has 3 aromatic heterocycles. The zero-order valence-corrected chi connectivity index (χ0v) is 14.6. The molecule has 24 heavy (non-hydrogen) atoms. The van der Waals surface area contributed by atoms with Crippen molar-refractivity contribution in [3.05, 3.63) is 60.6 Å². The summed E-state index contributed by atoms with van der Waals surface area (Å²) in [7, 11) is 0. The van der Waals surface area contributed by atoms with Gasteiger partial charge in [-0.3, -0.25) is 4.98 Å². The van der Waals surface area contributed by atoms with E-state index in [0.29, 0.717) is 0 Å². The molecule has 0 N–H and O–H groups in total. The van der Waals surface area contributed by atoms with Gasteiger partial charge in [-0.15, -0.1) is 11.3 Å². The van der Waals surface area contributed by atoms with Crippen molar-refractivity contribution < 1.29 is 0 Å². The highest BCUT2D eigenvalue weighted by molar-refractivity contribution is 8.01. The van der Waals surface area contributed by atoms with E-state index in [4.69, 9.17) is 4.98 Å². The number of para-hydroxylation sites is 1. The largest absolute Gasteiger partial charge is 0.265 e. The number of thiazole rings is 1. The Morgan fingerprint density at radius 1 is 1.00 bits per heavy atom. The summed E-state index contributed by atoms with van der Waals surface area (Å²) in [5.41, 5.74) is 3.04. The number of fused-ring (bicyclic) bond motifs is 1. The fraction of sp³-hybridized carbons (Fsp3) is 0.111. The van der Waals surface area contributed by atoms with Gasteiger partial charge in [-0.25, -0.2) is 15.0 Å². The predicted octanol–water partition coefficient (Wildman–Crippen LogP) is 4.86. The summed E-state index contributed by atoms with van der Waals surface area (Å²) >= 11 is 3.28. The zero-order valence-electron chi connectivity index (χ0n) is 13.0. The van der Waals surface area contributed by atoms with Gasteiger partial charge in [-0.05, 0) is 48.5 Å². The van der Waals surface area contributed by atoms with E-state index < -0.39 is 0 Å². The normalized spacial score (nSPS) is 11.0. The summed E-state index contributed by atoms with van der Waals surface area (Å²) in [6.45, 7) is 2.10. The number of hydrogen-bond acceptors (Lipinski definition) is 6. The van der Waals surface area contributed by atoms with Crippen molar-refractivity contribution in [2.24, 2.45) is 0 Å². The van der Waals surface area contributed by atoms with Crippen LogP contribution < -0.4 is 0 Å². The second kappa shape index (κ2) is 6.67. The maximum absolute atomic E-state index is 4.71. The van der Waals surface area contributed by atoms with Gasteiger partial charge in [0.15, 0.2) is 10.2 Å². The SMILES string of the molecule is CCc1cc(Sc2nc3ccccc3s2)nc(-c2ccncc2)n1. The Balaban J connectivity index is 1.71. The lowest BCUT2D eigenvalue weighted by molar-refractivity contribution is 0.954. The van der Waals surface area contributed by atoms with Crippen LogP contribution in [0, 0.1) is 0 Å². The maximum atomic E-state index is 4.71. The fourth-order valence-electron chi connectivity index (χ4n) is 2.32. The molecule has 0 amide bonds. The lowest BCUT2D eigenvalue weighted by Gasteiger charge is -2.05. The number of nitrogens with zero attached hydrogens (tertiary/aromatic N) is 4. The molecule has 0 aliphatic rings. The van der Waals surface area contributed by atoms with Crippen LogP contribution in [0.4, 0.5) is 0 Å². The second-order valence-electron chi connectivity index (χ2n) is 5.16. The van der Waals surface area contributed by atoms with E-state index in [2.05, 4.69) is 27.9 Å². The lowest BCUT2D eigenvalue weighted by Crippen LogP contribution is -1.96. The molecular weight excluding hydrogens is 336 g/mol. The zero-order chi connectivity index (χ0) is 16.4. The minimum absolute atomic E-state index is 0.736. The van der Waals surface area contributed by atoms with E-state index in [9.17, 15) is 0 Å². The van der Waals surface area contributed by atoms with Crippen molar-refractivity contribution in [3.8, 4) is 11.4 Å². The van der Waals surface area contributed by atoms with Gasteiger partial charge in [-0.2, -0.15) is 0 Å². The van der Waals surface area contributed by atoms with E-state index in [-0.39, 0.29) is 0 Å². The molecule has 0 radical (unpaired) electrons. The molecule has 0 aliphatic heterocycles. The molecule has 0 aliphatic carbocycles. The summed E-state index contributed by atoms with van der Waals surface area (Å²) in [6.07, 6.45) is 4.39. The first-order valence-electron chi connectivity index (χ1n) is 7.63. The van der Waals surface area contributed by atoms with Crippen molar-refractivity contribution in [3.63, 3.8) is 0 Å². The predicted molar refractivity (Wildman–Crippen MR) is 98.4 cm³/mol. The van der Waals surface area contributed by atoms with Gasteiger partial charge in [0.05, 0.1) is 10.2 Å². The molecule has 0 saturated heterocycles. The molecule has 4 aromatic rings. The van der Waals surface area contributed by atoms with Crippen LogP contribution in [-0.2, 0) is 6.42 Å². The van der Waals surface area contributed by atoms with Crippen molar-refractivity contribution in [2.75, 3.05) is 0 Å². The molecule has 0 atom stereocenters. The molecule has 0 saturated carbocycles. The van der Waals surface area contributed by atoms with Crippen LogP contribution >= 0.6 is 23.1 Å². The van der Waals surface area contributed by atoms with Gasteiger partial charge >= 0.3 is 0 Å². The molecule has 0 bridgehead atoms. The molecule has 6 heteroatoms. The van der Waals surface area contributed by atoms with Gasteiger partial charge in [0.2, 0.25) is 0 Å². The van der Waals surface area contributed by atoms with Crippen molar-refractivity contribution in [1.82, 2.24) is 19.9 Å². The summed E-state index contributed by atoms with van der Waals surface area (Å²) in [4.78, 5) is 18.1. The monoisotopic (exact) mass is 350 g/mol. The Morgan fingerprint density at radius 3 is 2.62 bits per heavy atom. The Hall–Kier alpha value is -2.31. The van der Waals surface area contributed by atoms with Crippen LogP contribution in [0.25, 0.3) is 21.6 Å². The number of aromatic nitrogens is 4. The van der Waals surface area contributed by atoms with Crippen LogP contribution in [0.1, 0.15) is 12.6 Å². The van der Waals surface area contributed by atoms with Crippen LogP contribution in [-0.4, -0.2) is 19.9 Å². The van der Waals surface area contributed by atoms with Crippen LogP contribution in [0.3, 0.4) is 0 Å². The second-order valence-corrected chi connectivity index (χ2v) is 7.46. The Labute approximate surface area is 148 Å². The summed E-state index contributed by atoms with van der Waals surface area (Å²) in [5.74, 6) is 0.736. The molecule has 1 aromatic carbocycles. The number of rotatable bonds is 4. The third kappa shape index (κ3) is 3.16. The van der Waals surface area contributed by atoms with Gasteiger partial charge in [0.25, 0.3) is 0 Å². The third-order valence-corrected chi connectivity index (χ3v) is 5.54. The molecular formula is C18H14N4S2. The molecule has 3 heterocycles. The first-order chi connectivity index (χ1) is 11.8. The lowest BCUT2D eigenvalue weighted by atomic mass is 10.2. The molecule has 0 unspecified atom stereocenters. The first-order valence-corrected chi connectivity index (χ1v) is 9.27. The Morgan fingerprint density at radius 2 is 1.83 bits per heavy atom. The quantitative estimate of drug-likeness (QED) is 0.492. The van der Waals surface area contributed by atoms with Crippen LogP contribution in [0.15, 0.2) is 64.2 Å². The summed E-state index contributed by atoms with van der Waals surface area (Å²) in [6, 6.07) is 14.1. The number of benzene rings is 1. The van der Waals surface area contributed by atoms with Gasteiger partial charge in [0.1, 0.15) is 5.03 Å². The maximum Gasteiger partial charge on any atom is 0.160 e. The van der Waals surface area contributed by atoms with E-state index in [1.807, 2.05) is 36.4 Å². The third-order valence-electron chi connectivity index (χ3n) is 3.52. The van der Waals surface area contributed by atoms with Crippen molar-refractivity contribution >= 4 is 33.3 Å². The summed E-state index contributed by atoms with van der Waals surface area (Å²) in [5, 5.41) is 0.924. The molecule has 118 valence electrons. The van der Waals surface area contributed by atoms with Crippen molar-refractivity contribution in [2.45, 2.75) is 22.7 Å². The van der Waals surface area contributed by atoms with Gasteiger partial charge in [-0.1, -0.05) is 19.1 Å². The van der Waals surface area contributed by atoms with Gasteiger partial charge in [0, 0.05) is 23.7 Å². The first kappa shape index (κ1) is 15.2. The van der Waals surface area contributed by atoms with Crippen LogP contribution in [0.2, 0.25) is 0 Å². The number of aryl methyl sites for hydroxylation is 1. The van der Waals surface area contributed by atoms with E-state index >= 15 is 0 Å². The number of hydrogen-bond donors (Lipinski definition) is 0. The smallest absolute Gasteiger partial charge is 0.160 e. The minimum atomic E-state index is 0.736. The fourth-order valence-corrected chi connectivity index (χ4v) is 4.36. The standard InChI is InChI=1S/C18H14N4S2/c1-2-13-11-16(22-17(20-13)12-7-9-19-10-8-12)24-18-21-14-5-3-4-6-15(14)23-18/h3-11H,2H2,1H3. The average molecular weight is 350 g/mol. The van der Waals surface area contributed by atoms with E-state index in [0.717, 1.165) is 38.4 Å². The van der Waals surface area contributed by atoms with E-state index in [1.165, 1.54) is 4.70 Å². The molecule has 4 nitrogen and oxygen atoms in total.